The lowest BCUT2D eigenvalue weighted by Crippen LogP contribution is -2.42. The van der Waals surface area contributed by atoms with Gasteiger partial charge in [-0.25, -0.2) is 0 Å². The van der Waals surface area contributed by atoms with Gasteiger partial charge in [0.2, 0.25) is 11.8 Å². The summed E-state index contributed by atoms with van der Waals surface area (Å²) in [6, 6.07) is 8.18. The van der Waals surface area contributed by atoms with Crippen molar-refractivity contribution in [3.63, 3.8) is 0 Å². The summed E-state index contributed by atoms with van der Waals surface area (Å²) in [4.78, 5) is 24.9. The van der Waals surface area contributed by atoms with E-state index in [0.717, 1.165) is 13.0 Å². The number of fused-ring (bicyclic) bond motifs is 1. The van der Waals surface area contributed by atoms with E-state index in [2.05, 4.69) is 17.4 Å². The standard InChI is InChI=1S/C14H18N2O2/c1-2-13(17)15-9-14(18)16-8-7-11-5-3-4-6-12(11)10-16/h3-6H,2,7-10H2,1H3,(H,15,17). The van der Waals surface area contributed by atoms with Gasteiger partial charge in [0.1, 0.15) is 0 Å². The summed E-state index contributed by atoms with van der Waals surface area (Å²) in [6.45, 7) is 3.26. The van der Waals surface area contributed by atoms with Gasteiger partial charge in [-0.05, 0) is 17.5 Å². The van der Waals surface area contributed by atoms with Gasteiger partial charge in [-0.2, -0.15) is 0 Å². The number of hydrogen-bond donors (Lipinski definition) is 1. The molecule has 0 aliphatic carbocycles. The fourth-order valence-corrected chi connectivity index (χ4v) is 2.12. The van der Waals surface area contributed by atoms with Crippen molar-refractivity contribution in [2.45, 2.75) is 26.3 Å². The number of hydrogen-bond acceptors (Lipinski definition) is 2. The molecule has 1 heterocycles. The Morgan fingerprint density at radius 1 is 1.28 bits per heavy atom. The number of nitrogens with zero attached hydrogens (tertiary/aromatic N) is 1. The van der Waals surface area contributed by atoms with E-state index in [9.17, 15) is 9.59 Å². The van der Waals surface area contributed by atoms with Crippen molar-refractivity contribution < 1.29 is 9.59 Å². The lowest BCUT2D eigenvalue weighted by atomic mass is 10.00. The summed E-state index contributed by atoms with van der Waals surface area (Å²) in [5, 5.41) is 2.62. The number of carbonyl (C=O) groups is 2. The molecule has 0 aromatic heterocycles. The number of nitrogens with one attached hydrogen (secondary N) is 1. The van der Waals surface area contributed by atoms with E-state index >= 15 is 0 Å². The third-order valence-electron chi connectivity index (χ3n) is 3.24. The van der Waals surface area contributed by atoms with Gasteiger partial charge in [0.15, 0.2) is 0 Å². The van der Waals surface area contributed by atoms with E-state index in [1.165, 1.54) is 11.1 Å². The Morgan fingerprint density at radius 3 is 2.72 bits per heavy atom. The largest absolute Gasteiger partial charge is 0.347 e. The van der Waals surface area contributed by atoms with Crippen LogP contribution in [0.1, 0.15) is 24.5 Å². The van der Waals surface area contributed by atoms with Crippen LogP contribution in [0.5, 0.6) is 0 Å². The van der Waals surface area contributed by atoms with Gasteiger partial charge in [-0.15, -0.1) is 0 Å². The molecule has 0 spiro atoms. The second kappa shape index (κ2) is 5.67. The molecule has 1 aliphatic rings. The van der Waals surface area contributed by atoms with Crippen molar-refractivity contribution >= 4 is 11.8 Å². The van der Waals surface area contributed by atoms with Crippen molar-refractivity contribution in [1.29, 1.82) is 0 Å². The highest BCUT2D eigenvalue weighted by Crippen LogP contribution is 2.18. The highest BCUT2D eigenvalue weighted by Gasteiger charge is 2.20. The van der Waals surface area contributed by atoms with Crippen LogP contribution >= 0.6 is 0 Å². The Kier molecular flexibility index (Phi) is 3.97. The molecule has 18 heavy (non-hydrogen) atoms. The predicted octanol–water partition coefficient (Wildman–Crippen LogP) is 1.10. The van der Waals surface area contributed by atoms with Gasteiger partial charge in [-0.3, -0.25) is 9.59 Å². The summed E-state index contributed by atoms with van der Waals surface area (Å²) in [7, 11) is 0. The predicted molar refractivity (Wildman–Crippen MR) is 68.9 cm³/mol. The quantitative estimate of drug-likeness (QED) is 0.868. The number of amides is 2. The maximum absolute atomic E-state index is 11.9. The van der Waals surface area contributed by atoms with Gasteiger partial charge in [-0.1, -0.05) is 31.2 Å². The molecule has 4 nitrogen and oxygen atoms in total. The molecule has 1 aromatic carbocycles. The van der Waals surface area contributed by atoms with Crippen LogP contribution in [0.3, 0.4) is 0 Å². The molecule has 0 atom stereocenters. The summed E-state index contributed by atoms with van der Waals surface area (Å²) < 4.78 is 0. The molecule has 1 N–H and O–H groups in total. The molecule has 0 bridgehead atoms. The highest BCUT2D eigenvalue weighted by molar-refractivity contribution is 5.84. The first-order valence-electron chi connectivity index (χ1n) is 6.32. The zero-order valence-corrected chi connectivity index (χ0v) is 10.6. The SMILES string of the molecule is CCC(=O)NCC(=O)N1CCc2ccccc2C1. The minimum absolute atomic E-state index is 0.00805. The van der Waals surface area contributed by atoms with Crippen LogP contribution < -0.4 is 5.32 Å². The van der Waals surface area contributed by atoms with Crippen molar-refractivity contribution in [1.82, 2.24) is 10.2 Å². The lowest BCUT2D eigenvalue weighted by molar-refractivity contribution is -0.133. The molecule has 0 unspecified atom stereocenters. The third-order valence-corrected chi connectivity index (χ3v) is 3.24. The Morgan fingerprint density at radius 2 is 2.00 bits per heavy atom. The molecule has 0 radical (unpaired) electrons. The second-order valence-corrected chi connectivity index (χ2v) is 4.46. The number of carbonyl (C=O) groups excluding carboxylic acids is 2. The Labute approximate surface area is 107 Å². The second-order valence-electron chi connectivity index (χ2n) is 4.46. The van der Waals surface area contributed by atoms with Crippen LogP contribution in [-0.2, 0) is 22.6 Å². The average Bonchev–Trinajstić information content (AvgIpc) is 2.43. The Bertz CT molecular complexity index is 457. The van der Waals surface area contributed by atoms with E-state index in [0.29, 0.717) is 13.0 Å². The zero-order chi connectivity index (χ0) is 13.0. The smallest absolute Gasteiger partial charge is 0.242 e. The molecule has 0 saturated heterocycles. The topological polar surface area (TPSA) is 49.4 Å². The summed E-state index contributed by atoms with van der Waals surface area (Å²) >= 11 is 0. The molecule has 1 aliphatic heterocycles. The molecule has 2 rings (SSSR count). The monoisotopic (exact) mass is 246 g/mol. The first-order valence-corrected chi connectivity index (χ1v) is 6.32. The van der Waals surface area contributed by atoms with Crippen LogP contribution in [0.15, 0.2) is 24.3 Å². The fourth-order valence-electron chi connectivity index (χ4n) is 2.12. The summed E-state index contributed by atoms with van der Waals surface area (Å²) in [5.74, 6) is -0.0907. The van der Waals surface area contributed by atoms with Crippen LogP contribution in [0.25, 0.3) is 0 Å². The highest BCUT2D eigenvalue weighted by atomic mass is 16.2. The van der Waals surface area contributed by atoms with Gasteiger partial charge in [0, 0.05) is 19.5 Å². The zero-order valence-electron chi connectivity index (χ0n) is 10.6. The van der Waals surface area contributed by atoms with E-state index < -0.39 is 0 Å². The van der Waals surface area contributed by atoms with Crippen LogP contribution in [0, 0.1) is 0 Å². The maximum Gasteiger partial charge on any atom is 0.242 e. The lowest BCUT2D eigenvalue weighted by Gasteiger charge is -2.28. The molecule has 4 heteroatoms. The van der Waals surface area contributed by atoms with Crippen molar-refractivity contribution in [2.75, 3.05) is 13.1 Å². The molecule has 0 fully saturated rings. The third kappa shape index (κ3) is 2.88. The number of rotatable bonds is 3. The molecule has 1 aromatic rings. The first-order chi connectivity index (χ1) is 8.70. The first kappa shape index (κ1) is 12.6. The summed E-state index contributed by atoms with van der Waals surface area (Å²) in [5.41, 5.74) is 2.53. The van der Waals surface area contributed by atoms with Gasteiger partial charge in [0.05, 0.1) is 6.54 Å². The summed E-state index contributed by atoms with van der Waals surface area (Å²) in [6.07, 6.45) is 1.31. The van der Waals surface area contributed by atoms with E-state index in [4.69, 9.17) is 0 Å². The molecule has 96 valence electrons. The Hall–Kier alpha value is -1.84. The normalized spacial score (nSPS) is 13.9. The van der Waals surface area contributed by atoms with Crippen molar-refractivity contribution in [3.8, 4) is 0 Å². The maximum atomic E-state index is 11.9. The number of benzene rings is 1. The minimum Gasteiger partial charge on any atom is -0.347 e. The fraction of sp³-hybridized carbons (Fsp3) is 0.429. The minimum atomic E-state index is -0.0826. The van der Waals surface area contributed by atoms with Crippen molar-refractivity contribution in [3.05, 3.63) is 35.4 Å². The van der Waals surface area contributed by atoms with E-state index in [-0.39, 0.29) is 18.4 Å². The van der Waals surface area contributed by atoms with E-state index in [1.54, 1.807) is 11.8 Å². The molecular weight excluding hydrogens is 228 g/mol. The van der Waals surface area contributed by atoms with E-state index in [1.807, 2.05) is 12.1 Å². The van der Waals surface area contributed by atoms with Gasteiger partial charge in [0.25, 0.3) is 0 Å². The van der Waals surface area contributed by atoms with Crippen molar-refractivity contribution in [2.24, 2.45) is 0 Å². The molecular formula is C14H18N2O2. The van der Waals surface area contributed by atoms with Gasteiger partial charge >= 0.3 is 0 Å². The van der Waals surface area contributed by atoms with Crippen LogP contribution in [0.4, 0.5) is 0 Å². The van der Waals surface area contributed by atoms with Crippen LogP contribution in [-0.4, -0.2) is 29.8 Å². The molecule has 0 saturated carbocycles. The molecule has 2 amide bonds. The Balaban J connectivity index is 1.92. The van der Waals surface area contributed by atoms with Gasteiger partial charge < -0.3 is 10.2 Å². The van der Waals surface area contributed by atoms with Crippen LogP contribution in [0.2, 0.25) is 0 Å². The average molecular weight is 246 g/mol.